The van der Waals surface area contributed by atoms with Gasteiger partial charge in [-0.1, -0.05) is 18.2 Å². The minimum Gasteiger partial charge on any atom is -0.372 e. The summed E-state index contributed by atoms with van der Waals surface area (Å²) in [7, 11) is 1.46. The SMILES string of the molecule is COC(C)C(=O)Nc1ccc(F)cc1Nc1ccccc1. The molecule has 5 heteroatoms. The maximum absolute atomic E-state index is 13.4. The first-order chi connectivity index (χ1) is 10.1. The minimum absolute atomic E-state index is 0.291. The van der Waals surface area contributed by atoms with Crippen LogP contribution < -0.4 is 10.6 Å². The van der Waals surface area contributed by atoms with E-state index in [-0.39, 0.29) is 11.7 Å². The van der Waals surface area contributed by atoms with E-state index in [1.807, 2.05) is 30.3 Å². The van der Waals surface area contributed by atoms with Crippen LogP contribution in [0.15, 0.2) is 48.5 Å². The second kappa shape index (κ2) is 6.85. The van der Waals surface area contributed by atoms with Crippen LogP contribution in [0.4, 0.5) is 21.5 Å². The van der Waals surface area contributed by atoms with Crippen LogP contribution in [0.1, 0.15) is 6.92 Å². The van der Waals surface area contributed by atoms with Crippen LogP contribution in [-0.4, -0.2) is 19.1 Å². The van der Waals surface area contributed by atoms with E-state index in [9.17, 15) is 9.18 Å². The lowest BCUT2D eigenvalue weighted by Crippen LogP contribution is -2.26. The first-order valence-electron chi connectivity index (χ1n) is 6.55. The number of carbonyl (C=O) groups excluding carboxylic acids is 1. The Morgan fingerprint density at radius 1 is 1.14 bits per heavy atom. The Bertz CT molecular complexity index is 617. The quantitative estimate of drug-likeness (QED) is 0.884. The number of anilines is 3. The van der Waals surface area contributed by atoms with Crippen molar-refractivity contribution >= 4 is 23.0 Å². The monoisotopic (exact) mass is 288 g/mol. The molecule has 2 aromatic rings. The molecule has 1 amide bonds. The summed E-state index contributed by atoms with van der Waals surface area (Å²) in [4.78, 5) is 11.9. The van der Waals surface area contributed by atoms with Gasteiger partial charge in [0.2, 0.25) is 0 Å². The van der Waals surface area contributed by atoms with Crippen molar-refractivity contribution < 1.29 is 13.9 Å². The zero-order chi connectivity index (χ0) is 15.2. The Balaban J connectivity index is 2.23. The largest absolute Gasteiger partial charge is 0.372 e. The number of methoxy groups -OCH3 is 1. The van der Waals surface area contributed by atoms with Gasteiger partial charge < -0.3 is 15.4 Å². The van der Waals surface area contributed by atoms with Gasteiger partial charge in [0.25, 0.3) is 5.91 Å². The maximum atomic E-state index is 13.4. The third-order valence-corrected chi connectivity index (χ3v) is 3.02. The van der Waals surface area contributed by atoms with E-state index in [1.54, 1.807) is 6.92 Å². The van der Waals surface area contributed by atoms with Crippen LogP contribution in [0.2, 0.25) is 0 Å². The van der Waals surface area contributed by atoms with E-state index in [0.29, 0.717) is 11.4 Å². The molecule has 0 aromatic heterocycles. The third kappa shape index (κ3) is 4.03. The molecule has 0 bridgehead atoms. The fraction of sp³-hybridized carbons (Fsp3) is 0.188. The molecule has 110 valence electrons. The summed E-state index contributed by atoms with van der Waals surface area (Å²) in [5.74, 6) is -0.675. The number of carbonyl (C=O) groups is 1. The van der Waals surface area contributed by atoms with Crippen LogP contribution in [0.3, 0.4) is 0 Å². The molecule has 2 rings (SSSR count). The number of hydrogen-bond donors (Lipinski definition) is 2. The molecule has 1 unspecified atom stereocenters. The first kappa shape index (κ1) is 15.0. The summed E-state index contributed by atoms with van der Waals surface area (Å²) in [5, 5.41) is 5.80. The van der Waals surface area contributed by atoms with Gasteiger partial charge in [0, 0.05) is 12.8 Å². The maximum Gasteiger partial charge on any atom is 0.253 e. The molecule has 0 aliphatic heterocycles. The van der Waals surface area contributed by atoms with E-state index in [0.717, 1.165) is 5.69 Å². The van der Waals surface area contributed by atoms with Gasteiger partial charge in [0.05, 0.1) is 11.4 Å². The van der Waals surface area contributed by atoms with Crippen molar-refractivity contribution in [1.29, 1.82) is 0 Å². The van der Waals surface area contributed by atoms with Gasteiger partial charge in [-0.3, -0.25) is 4.79 Å². The van der Waals surface area contributed by atoms with Crippen molar-refractivity contribution in [2.24, 2.45) is 0 Å². The molecule has 0 spiro atoms. The zero-order valence-corrected chi connectivity index (χ0v) is 11.9. The van der Waals surface area contributed by atoms with Gasteiger partial charge in [-0.2, -0.15) is 0 Å². The van der Waals surface area contributed by atoms with Crippen molar-refractivity contribution in [2.75, 3.05) is 17.7 Å². The van der Waals surface area contributed by atoms with Crippen LogP contribution >= 0.6 is 0 Å². The highest BCUT2D eigenvalue weighted by Crippen LogP contribution is 2.26. The molecular formula is C16H17FN2O2. The average molecular weight is 288 g/mol. The Hall–Kier alpha value is -2.40. The minimum atomic E-state index is -0.584. The molecule has 0 radical (unpaired) electrons. The van der Waals surface area contributed by atoms with Gasteiger partial charge in [0.15, 0.2) is 0 Å². The number of ether oxygens (including phenoxy) is 1. The molecule has 21 heavy (non-hydrogen) atoms. The predicted molar refractivity (Wildman–Crippen MR) is 81.2 cm³/mol. The Labute approximate surface area is 122 Å². The van der Waals surface area contributed by atoms with Crippen LogP contribution in [0.25, 0.3) is 0 Å². The fourth-order valence-electron chi connectivity index (χ4n) is 1.75. The summed E-state index contributed by atoms with van der Waals surface area (Å²) in [5.41, 5.74) is 1.78. The number of para-hydroxylation sites is 1. The number of benzene rings is 2. The lowest BCUT2D eigenvalue weighted by Gasteiger charge is -2.15. The Morgan fingerprint density at radius 2 is 1.86 bits per heavy atom. The molecule has 0 saturated heterocycles. The van der Waals surface area contributed by atoms with E-state index in [1.165, 1.54) is 25.3 Å². The Morgan fingerprint density at radius 3 is 2.52 bits per heavy atom. The van der Waals surface area contributed by atoms with E-state index in [4.69, 9.17) is 4.74 Å². The summed E-state index contributed by atoms with van der Waals surface area (Å²) >= 11 is 0. The number of hydrogen-bond acceptors (Lipinski definition) is 3. The van der Waals surface area contributed by atoms with Crippen LogP contribution in [-0.2, 0) is 9.53 Å². The molecule has 0 saturated carbocycles. The predicted octanol–water partition coefficient (Wildman–Crippen LogP) is 3.54. The number of rotatable bonds is 5. The third-order valence-electron chi connectivity index (χ3n) is 3.02. The highest BCUT2D eigenvalue weighted by atomic mass is 19.1. The van der Waals surface area contributed by atoms with Crippen molar-refractivity contribution in [1.82, 2.24) is 0 Å². The van der Waals surface area contributed by atoms with Crippen molar-refractivity contribution in [3.63, 3.8) is 0 Å². The van der Waals surface area contributed by atoms with Gasteiger partial charge in [-0.15, -0.1) is 0 Å². The Kier molecular flexibility index (Phi) is 4.90. The normalized spacial score (nSPS) is 11.8. The highest BCUT2D eigenvalue weighted by Gasteiger charge is 2.14. The zero-order valence-electron chi connectivity index (χ0n) is 11.9. The summed E-state index contributed by atoms with van der Waals surface area (Å²) in [6, 6.07) is 13.5. The summed E-state index contributed by atoms with van der Waals surface area (Å²) in [6.07, 6.45) is -0.584. The fourth-order valence-corrected chi connectivity index (χ4v) is 1.75. The first-order valence-corrected chi connectivity index (χ1v) is 6.55. The van der Waals surface area contributed by atoms with Gasteiger partial charge in [0.1, 0.15) is 11.9 Å². The van der Waals surface area contributed by atoms with E-state index < -0.39 is 6.10 Å². The number of amides is 1. The molecule has 2 N–H and O–H groups in total. The van der Waals surface area contributed by atoms with E-state index >= 15 is 0 Å². The lowest BCUT2D eigenvalue weighted by atomic mass is 10.2. The molecule has 2 aromatic carbocycles. The van der Waals surface area contributed by atoms with Crippen molar-refractivity contribution in [3.8, 4) is 0 Å². The average Bonchev–Trinajstić information content (AvgIpc) is 2.50. The molecule has 0 heterocycles. The van der Waals surface area contributed by atoms with Crippen molar-refractivity contribution in [2.45, 2.75) is 13.0 Å². The summed E-state index contributed by atoms with van der Waals surface area (Å²) < 4.78 is 18.4. The van der Waals surface area contributed by atoms with Gasteiger partial charge >= 0.3 is 0 Å². The highest BCUT2D eigenvalue weighted by molar-refractivity contribution is 5.97. The second-order valence-electron chi connectivity index (χ2n) is 4.55. The lowest BCUT2D eigenvalue weighted by molar-refractivity contribution is -0.124. The molecule has 0 fully saturated rings. The molecule has 4 nitrogen and oxygen atoms in total. The molecule has 1 atom stereocenters. The van der Waals surface area contributed by atoms with Gasteiger partial charge in [-0.25, -0.2) is 4.39 Å². The van der Waals surface area contributed by atoms with Crippen LogP contribution in [0, 0.1) is 5.82 Å². The number of halogens is 1. The molecule has 0 aliphatic carbocycles. The van der Waals surface area contributed by atoms with Gasteiger partial charge in [-0.05, 0) is 37.3 Å². The smallest absolute Gasteiger partial charge is 0.253 e. The standard InChI is InChI=1S/C16H17FN2O2/c1-11(21-2)16(20)19-14-9-8-12(17)10-15(14)18-13-6-4-3-5-7-13/h3-11,18H,1-2H3,(H,19,20). The second-order valence-corrected chi connectivity index (χ2v) is 4.55. The van der Waals surface area contributed by atoms with Crippen LogP contribution in [0.5, 0.6) is 0 Å². The topological polar surface area (TPSA) is 50.4 Å². The number of nitrogens with one attached hydrogen (secondary N) is 2. The van der Waals surface area contributed by atoms with Crippen molar-refractivity contribution in [3.05, 3.63) is 54.3 Å². The van der Waals surface area contributed by atoms with E-state index in [2.05, 4.69) is 10.6 Å². The molecule has 0 aliphatic rings. The molecular weight excluding hydrogens is 271 g/mol. The summed E-state index contributed by atoms with van der Waals surface area (Å²) in [6.45, 7) is 1.64.